The Hall–Kier alpha value is -0.930. The molecular formula is C16H24FNO. The van der Waals surface area contributed by atoms with Crippen molar-refractivity contribution in [1.29, 1.82) is 0 Å². The van der Waals surface area contributed by atoms with Gasteiger partial charge in [-0.1, -0.05) is 18.9 Å². The second kappa shape index (κ2) is 5.59. The SMILES string of the molecule is Cc1ccc(F)cc1CC(O)C1(N(C)C)CCCC1. The van der Waals surface area contributed by atoms with E-state index in [0.717, 1.165) is 36.8 Å². The highest BCUT2D eigenvalue weighted by Crippen LogP contribution is 2.38. The van der Waals surface area contributed by atoms with Crippen LogP contribution in [-0.4, -0.2) is 35.7 Å². The molecule has 1 aromatic rings. The van der Waals surface area contributed by atoms with Crippen LogP contribution in [-0.2, 0) is 6.42 Å². The van der Waals surface area contributed by atoms with Crippen LogP contribution in [0.3, 0.4) is 0 Å². The van der Waals surface area contributed by atoms with Crippen LogP contribution < -0.4 is 0 Å². The first-order chi connectivity index (χ1) is 8.95. The number of benzene rings is 1. The van der Waals surface area contributed by atoms with Crippen LogP contribution in [0.4, 0.5) is 4.39 Å². The number of likely N-dealkylation sites (N-methyl/N-ethyl adjacent to an activating group) is 1. The topological polar surface area (TPSA) is 23.5 Å². The molecule has 1 fully saturated rings. The monoisotopic (exact) mass is 265 g/mol. The van der Waals surface area contributed by atoms with E-state index in [2.05, 4.69) is 4.90 Å². The zero-order valence-electron chi connectivity index (χ0n) is 12.1. The van der Waals surface area contributed by atoms with Crippen LogP contribution in [0, 0.1) is 12.7 Å². The summed E-state index contributed by atoms with van der Waals surface area (Å²) in [4.78, 5) is 2.15. The van der Waals surface area contributed by atoms with Crippen molar-refractivity contribution in [2.45, 2.75) is 50.7 Å². The van der Waals surface area contributed by atoms with Gasteiger partial charge in [0.2, 0.25) is 0 Å². The summed E-state index contributed by atoms with van der Waals surface area (Å²) in [6.45, 7) is 1.97. The average Bonchev–Trinajstić information content (AvgIpc) is 2.84. The van der Waals surface area contributed by atoms with Crippen molar-refractivity contribution in [3.63, 3.8) is 0 Å². The lowest BCUT2D eigenvalue weighted by Crippen LogP contribution is -2.52. The van der Waals surface area contributed by atoms with E-state index in [0.29, 0.717) is 6.42 Å². The number of aliphatic hydroxyl groups excluding tert-OH is 1. The van der Waals surface area contributed by atoms with Gasteiger partial charge in [0, 0.05) is 12.0 Å². The molecule has 19 heavy (non-hydrogen) atoms. The molecule has 0 heterocycles. The Morgan fingerprint density at radius 1 is 1.32 bits per heavy atom. The van der Waals surface area contributed by atoms with Gasteiger partial charge in [0.15, 0.2) is 0 Å². The third-order valence-corrected chi connectivity index (χ3v) is 4.70. The van der Waals surface area contributed by atoms with Gasteiger partial charge in [0.05, 0.1) is 6.10 Å². The van der Waals surface area contributed by atoms with Gasteiger partial charge < -0.3 is 10.0 Å². The van der Waals surface area contributed by atoms with Crippen LogP contribution in [0.5, 0.6) is 0 Å². The van der Waals surface area contributed by atoms with E-state index in [4.69, 9.17) is 0 Å². The third kappa shape index (κ3) is 2.82. The molecule has 1 atom stereocenters. The van der Waals surface area contributed by atoms with Crippen molar-refractivity contribution in [1.82, 2.24) is 4.90 Å². The molecule has 1 aliphatic carbocycles. The first-order valence-electron chi connectivity index (χ1n) is 7.06. The summed E-state index contributed by atoms with van der Waals surface area (Å²) >= 11 is 0. The van der Waals surface area contributed by atoms with Crippen LogP contribution in [0.15, 0.2) is 18.2 Å². The van der Waals surface area contributed by atoms with E-state index in [1.165, 1.54) is 6.07 Å². The van der Waals surface area contributed by atoms with E-state index < -0.39 is 6.10 Å². The van der Waals surface area contributed by atoms with E-state index in [1.54, 1.807) is 12.1 Å². The van der Waals surface area contributed by atoms with Crippen molar-refractivity contribution in [3.8, 4) is 0 Å². The number of nitrogens with zero attached hydrogens (tertiary/aromatic N) is 1. The van der Waals surface area contributed by atoms with Gasteiger partial charge in [0.1, 0.15) is 5.82 Å². The molecule has 0 amide bonds. The molecule has 0 aromatic heterocycles. The summed E-state index contributed by atoms with van der Waals surface area (Å²) < 4.78 is 13.3. The fourth-order valence-electron chi connectivity index (χ4n) is 3.32. The van der Waals surface area contributed by atoms with Crippen LogP contribution in [0.25, 0.3) is 0 Å². The summed E-state index contributed by atoms with van der Waals surface area (Å²) in [5.74, 6) is -0.224. The molecule has 2 rings (SSSR count). The molecule has 0 bridgehead atoms. The van der Waals surface area contributed by atoms with Crippen molar-refractivity contribution >= 4 is 0 Å². The quantitative estimate of drug-likeness (QED) is 0.905. The molecule has 1 saturated carbocycles. The lowest BCUT2D eigenvalue weighted by Gasteiger charge is -2.40. The molecule has 0 radical (unpaired) electrons. The number of halogens is 1. The van der Waals surface area contributed by atoms with Gasteiger partial charge in [-0.2, -0.15) is 0 Å². The Kier molecular flexibility index (Phi) is 4.26. The second-order valence-electron chi connectivity index (χ2n) is 6.00. The minimum absolute atomic E-state index is 0.140. The summed E-state index contributed by atoms with van der Waals surface area (Å²) in [5, 5.41) is 10.7. The molecule has 1 N–H and O–H groups in total. The summed E-state index contributed by atoms with van der Waals surface area (Å²) in [7, 11) is 4.07. The Morgan fingerprint density at radius 2 is 1.95 bits per heavy atom. The highest BCUT2D eigenvalue weighted by molar-refractivity contribution is 5.28. The Bertz CT molecular complexity index is 438. The lowest BCUT2D eigenvalue weighted by atomic mass is 9.84. The summed E-state index contributed by atoms with van der Waals surface area (Å²) in [6.07, 6.45) is 4.46. The van der Waals surface area contributed by atoms with E-state index in [1.807, 2.05) is 21.0 Å². The van der Waals surface area contributed by atoms with Gasteiger partial charge in [-0.25, -0.2) is 4.39 Å². The Morgan fingerprint density at radius 3 is 2.53 bits per heavy atom. The predicted octanol–water partition coefficient (Wildman–Crippen LogP) is 2.91. The second-order valence-corrected chi connectivity index (χ2v) is 6.00. The van der Waals surface area contributed by atoms with Gasteiger partial charge in [-0.15, -0.1) is 0 Å². The van der Waals surface area contributed by atoms with Crippen LogP contribution >= 0.6 is 0 Å². The molecule has 0 saturated heterocycles. The molecule has 3 heteroatoms. The van der Waals surface area contributed by atoms with Crippen LogP contribution in [0.2, 0.25) is 0 Å². The molecule has 1 aromatic carbocycles. The molecule has 106 valence electrons. The maximum absolute atomic E-state index is 13.3. The maximum atomic E-state index is 13.3. The highest BCUT2D eigenvalue weighted by Gasteiger charge is 2.42. The van der Waals surface area contributed by atoms with Crippen molar-refractivity contribution in [2.75, 3.05) is 14.1 Å². The minimum atomic E-state index is -0.439. The average molecular weight is 265 g/mol. The first kappa shape index (κ1) is 14.5. The lowest BCUT2D eigenvalue weighted by molar-refractivity contribution is -0.00261. The molecule has 0 aliphatic heterocycles. The van der Waals surface area contributed by atoms with E-state index in [9.17, 15) is 9.50 Å². The number of aryl methyl sites for hydroxylation is 1. The van der Waals surface area contributed by atoms with Crippen molar-refractivity contribution in [3.05, 3.63) is 35.1 Å². The van der Waals surface area contributed by atoms with Gasteiger partial charge >= 0.3 is 0 Å². The fraction of sp³-hybridized carbons (Fsp3) is 0.625. The predicted molar refractivity (Wildman–Crippen MR) is 75.7 cm³/mol. The Balaban J connectivity index is 2.19. The van der Waals surface area contributed by atoms with Gasteiger partial charge in [0.25, 0.3) is 0 Å². The zero-order valence-corrected chi connectivity index (χ0v) is 12.1. The molecule has 2 nitrogen and oxygen atoms in total. The zero-order chi connectivity index (χ0) is 14.0. The normalized spacial score (nSPS) is 19.9. The number of rotatable bonds is 4. The molecule has 1 aliphatic rings. The number of aliphatic hydroxyl groups is 1. The molecule has 1 unspecified atom stereocenters. The third-order valence-electron chi connectivity index (χ3n) is 4.70. The molecular weight excluding hydrogens is 241 g/mol. The summed E-state index contributed by atoms with van der Waals surface area (Å²) in [5.41, 5.74) is 1.83. The molecule has 0 spiro atoms. The number of hydrogen-bond donors (Lipinski definition) is 1. The van der Waals surface area contributed by atoms with Crippen molar-refractivity contribution in [2.24, 2.45) is 0 Å². The van der Waals surface area contributed by atoms with E-state index in [-0.39, 0.29) is 11.4 Å². The highest BCUT2D eigenvalue weighted by atomic mass is 19.1. The van der Waals surface area contributed by atoms with Crippen molar-refractivity contribution < 1.29 is 9.50 Å². The van der Waals surface area contributed by atoms with Crippen LogP contribution in [0.1, 0.15) is 36.8 Å². The number of hydrogen-bond acceptors (Lipinski definition) is 2. The largest absolute Gasteiger partial charge is 0.391 e. The van der Waals surface area contributed by atoms with E-state index >= 15 is 0 Å². The van der Waals surface area contributed by atoms with Gasteiger partial charge in [-0.3, -0.25) is 0 Å². The summed E-state index contributed by atoms with van der Waals surface area (Å²) in [6, 6.07) is 4.81. The minimum Gasteiger partial charge on any atom is -0.391 e. The Labute approximate surface area is 115 Å². The first-order valence-corrected chi connectivity index (χ1v) is 7.06. The fourth-order valence-corrected chi connectivity index (χ4v) is 3.32. The maximum Gasteiger partial charge on any atom is 0.123 e. The standard InChI is InChI=1S/C16H24FNO/c1-12-6-7-14(17)10-13(12)11-15(19)16(18(2)3)8-4-5-9-16/h6-7,10,15,19H,4-5,8-9,11H2,1-3H3. The smallest absolute Gasteiger partial charge is 0.123 e. The van der Waals surface area contributed by atoms with Gasteiger partial charge in [-0.05, 0) is 57.1 Å².